The molecule has 0 aliphatic rings. The van der Waals surface area contributed by atoms with Crippen molar-refractivity contribution in [3.8, 4) is 0 Å². The van der Waals surface area contributed by atoms with Gasteiger partial charge in [-0.3, -0.25) is 4.68 Å². The molecule has 1 atom stereocenters. The van der Waals surface area contributed by atoms with Crippen LogP contribution in [-0.4, -0.2) is 23.5 Å². The van der Waals surface area contributed by atoms with E-state index in [0.717, 1.165) is 3.57 Å². The second-order valence-corrected chi connectivity index (χ2v) is 3.69. The minimum atomic E-state index is 0.323. The van der Waals surface area contributed by atoms with E-state index in [9.17, 15) is 0 Å². The zero-order chi connectivity index (χ0) is 8.27. The van der Waals surface area contributed by atoms with Crippen LogP contribution in [0.25, 0.3) is 0 Å². The van der Waals surface area contributed by atoms with Crippen molar-refractivity contribution in [3.05, 3.63) is 16.0 Å². The molecule has 0 fully saturated rings. The summed E-state index contributed by atoms with van der Waals surface area (Å²) in [4.78, 5) is 0. The van der Waals surface area contributed by atoms with Gasteiger partial charge in [0.2, 0.25) is 0 Å². The highest BCUT2D eigenvalue weighted by Crippen LogP contribution is 2.07. The van der Waals surface area contributed by atoms with Crippen LogP contribution in [0.3, 0.4) is 0 Å². The average molecular weight is 266 g/mol. The van der Waals surface area contributed by atoms with Crippen LogP contribution in [0.15, 0.2) is 12.4 Å². The van der Waals surface area contributed by atoms with Gasteiger partial charge in [-0.1, -0.05) is 0 Å². The summed E-state index contributed by atoms with van der Waals surface area (Å²) in [5, 5.41) is 4.16. The lowest BCUT2D eigenvalue weighted by Crippen LogP contribution is -2.11. The van der Waals surface area contributed by atoms with E-state index in [2.05, 4.69) is 34.6 Å². The van der Waals surface area contributed by atoms with Gasteiger partial charge in [-0.2, -0.15) is 5.10 Å². The molecule has 3 nitrogen and oxygen atoms in total. The summed E-state index contributed by atoms with van der Waals surface area (Å²) >= 11 is 2.24. The Balaban J connectivity index is 2.60. The molecule has 1 aromatic heterocycles. The smallest absolute Gasteiger partial charge is 0.0724 e. The van der Waals surface area contributed by atoms with Crippen LogP contribution < -0.4 is 0 Å². The van der Waals surface area contributed by atoms with Crippen LogP contribution in [0.5, 0.6) is 0 Å². The molecule has 11 heavy (non-hydrogen) atoms. The predicted octanol–water partition coefficient (Wildman–Crippen LogP) is 1.70. The molecule has 0 aliphatic carbocycles. The predicted molar refractivity (Wildman–Crippen MR) is 51.5 cm³/mol. The van der Waals surface area contributed by atoms with Gasteiger partial charge in [0.25, 0.3) is 0 Å². The molecule has 4 heteroatoms. The van der Waals surface area contributed by atoms with Crippen LogP contribution in [0.2, 0.25) is 0 Å². The first kappa shape index (κ1) is 8.99. The molecular weight excluding hydrogens is 255 g/mol. The highest BCUT2D eigenvalue weighted by Gasteiger charge is 2.03. The molecule has 62 valence electrons. The maximum Gasteiger partial charge on any atom is 0.0724 e. The largest absolute Gasteiger partial charge is 0.382 e. The fourth-order valence-corrected chi connectivity index (χ4v) is 1.28. The molecule has 0 bridgehead atoms. The third-order valence-corrected chi connectivity index (χ3v) is 1.99. The fraction of sp³-hybridized carbons (Fsp3) is 0.571. The van der Waals surface area contributed by atoms with Crippen molar-refractivity contribution < 1.29 is 4.74 Å². The van der Waals surface area contributed by atoms with Crippen LogP contribution in [0.4, 0.5) is 0 Å². The summed E-state index contributed by atoms with van der Waals surface area (Å²) < 4.78 is 8.07. The third kappa shape index (κ3) is 2.44. The van der Waals surface area contributed by atoms with Gasteiger partial charge in [0.1, 0.15) is 0 Å². The lowest BCUT2D eigenvalue weighted by molar-refractivity contribution is 0.157. The van der Waals surface area contributed by atoms with Gasteiger partial charge in [0, 0.05) is 13.3 Å². The summed E-state index contributed by atoms with van der Waals surface area (Å²) in [6.45, 7) is 2.78. The van der Waals surface area contributed by atoms with Gasteiger partial charge in [-0.15, -0.1) is 0 Å². The first-order chi connectivity index (χ1) is 5.24. The van der Waals surface area contributed by atoms with Gasteiger partial charge in [-0.05, 0) is 29.5 Å². The number of hydrogen-bond donors (Lipinski definition) is 0. The Bertz CT molecular complexity index is 224. The van der Waals surface area contributed by atoms with E-state index in [0.29, 0.717) is 12.6 Å². The van der Waals surface area contributed by atoms with Crippen molar-refractivity contribution in [2.75, 3.05) is 13.7 Å². The Morgan fingerprint density at radius 3 is 3.00 bits per heavy atom. The highest BCUT2D eigenvalue weighted by molar-refractivity contribution is 14.1. The minimum absolute atomic E-state index is 0.323. The Kier molecular flexibility index (Phi) is 3.32. The maximum absolute atomic E-state index is 5.00. The molecule has 0 radical (unpaired) electrons. The fourth-order valence-electron chi connectivity index (χ4n) is 0.873. The second-order valence-electron chi connectivity index (χ2n) is 2.44. The number of ether oxygens (including phenoxy) is 1. The molecule has 0 amide bonds. The molecule has 1 heterocycles. The molecule has 1 rings (SSSR count). The van der Waals surface area contributed by atoms with Gasteiger partial charge < -0.3 is 4.74 Å². The highest BCUT2D eigenvalue weighted by atomic mass is 127. The topological polar surface area (TPSA) is 27.1 Å². The standard InChI is InChI=1S/C7H11IN2O/c1-6(5-11-2)10-4-7(8)3-9-10/h3-4,6H,5H2,1-2H3/t6-/m1/s1. The number of aromatic nitrogens is 2. The molecule has 0 saturated carbocycles. The van der Waals surface area contributed by atoms with Crippen molar-refractivity contribution in [2.45, 2.75) is 13.0 Å². The van der Waals surface area contributed by atoms with E-state index >= 15 is 0 Å². The molecule has 0 unspecified atom stereocenters. The first-order valence-electron chi connectivity index (χ1n) is 3.42. The zero-order valence-corrected chi connectivity index (χ0v) is 8.78. The summed E-state index contributed by atoms with van der Waals surface area (Å²) in [6.07, 6.45) is 3.84. The lowest BCUT2D eigenvalue weighted by Gasteiger charge is -2.09. The average Bonchev–Trinajstić information content (AvgIpc) is 2.36. The van der Waals surface area contributed by atoms with Crippen LogP contribution in [0.1, 0.15) is 13.0 Å². The Morgan fingerprint density at radius 2 is 2.55 bits per heavy atom. The lowest BCUT2D eigenvalue weighted by atomic mass is 10.4. The molecule has 0 N–H and O–H groups in total. The molecular formula is C7H11IN2O. The Hall–Kier alpha value is -0.100. The van der Waals surface area contributed by atoms with E-state index in [1.807, 2.05) is 17.1 Å². The SMILES string of the molecule is COC[C@@H](C)n1cc(I)cn1. The summed E-state index contributed by atoms with van der Waals surface area (Å²) in [7, 11) is 1.70. The van der Waals surface area contributed by atoms with E-state index in [4.69, 9.17) is 4.74 Å². The summed E-state index contributed by atoms with van der Waals surface area (Å²) in [5.74, 6) is 0. The number of nitrogens with zero attached hydrogens (tertiary/aromatic N) is 2. The van der Waals surface area contributed by atoms with Gasteiger partial charge in [-0.25, -0.2) is 0 Å². The molecule has 0 spiro atoms. The van der Waals surface area contributed by atoms with Crippen molar-refractivity contribution in [1.29, 1.82) is 0 Å². The number of methoxy groups -OCH3 is 1. The molecule has 0 aromatic carbocycles. The normalized spacial score (nSPS) is 13.4. The van der Waals surface area contributed by atoms with Gasteiger partial charge in [0.05, 0.1) is 22.4 Å². The molecule has 0 aliphatic heterocycles. The van der Waals surface area contributed by atoms with E-state index in [1.165, 1.54) is 0 Å². The van der Waals surface area contributed by atoms with Crippen molar-refractivity contribution in [2.24, 2.45) is 0 Å². The Labute approximate surface area is 79.9 Å². The van der Waals surface area contributed by atoms with Crippen molar-refractivity contribution >= 4 is 22.6 Å². The molecule has 1 aromatic rings. The monoisotopic (exact) mass is 266 g/mol. The van der Waals surface area contributed by atoms with Crippen LogP contribution in [-0.2, 0) is 4.74 Å². The minimum Gasteiger partial charge on any atom is -0.382 e. The van der Waals surface area contributed by atoms with E-state index in [1.54, 1.807) is 7.11 Å². The summed E-state index contributed by atoms with van der Waals surface area (Å²) in [5.41, 5.74) is 0. The maximum atomic E-state index is 5.00. The second kappa shape index (κ2) is 4.06. The Morgan fingerprint density at radius 1 is 1.82 bits per heavy atom. The molecule has 0 saturated heterocycles. The van der Waals surface area contributed by atoms with Gasteiger partial charge in [0.15, 0.2) is 0 Å². The first-order valence-corrected chi connectivity index (χ1v) is 4.50. The van der Waals surface area contributed by atoms with E-state index < -0.39 is 0 Å². The van der Waals surface area contributed by atoms with Crippen LogP contribution >= 0.6 is 22.6 Å². The zero-order valence-electron chi connectivity index (χ0n) is 6.62. The van der Waals surface area contributed by atoms with Crippen molar-refractivity contribution in [3.63, 3.8) is 0 Å². The number of halogens is 1. The number of rotatable bonds is 3. The number of hydrogen-bond acceptors (Lipinski definition) is 2. The van der Waals surface area contributed by atoms with Crippen molar-refractivity contribution in [1.82, 2.24) is 9.78 Å². The third-order valence-electron chi connectivity index (χ3n) is 1.43. The quantitative estimate of drug-likeness (QED) is 0.778. The van der Waals surface area contributed by atoms with Gasteiger partial charge >= 0.3 is 0 Å². The summed E-state index contributed by atoms with van der Waals surface area (Å²) in [6, 6.07) is 0.323. The van der Waals surface area contributed by atoms with E-state index in [-0.39, 0.29) is 0 Å². The van der Waals surface area contributed by atoms with Crippen LogP contribution in [0, 0.1) is 3.57 Å².